The minimum Gasteiger partial charge on any atom is -0.327 e. The van der Waals surface area contributed by atoms with Crippen LogP contribution in [0.5, 0.6) is 0 Å². The molecule has 1 heterocycles. The van der Waals surface area contributed by atoms with Crippen molar-refractivity contribution in [1.82, 2.24) is 4.98 Å². The van der Waals surface area contributed by atoms with Crippen molar-refractivity contribution in [2.45, 2.75) is 39.2 Å². The molecule has 0 spiro atoms. The zero-order valence-corrected chi connectivity index (χ0v) is 12.0. The summed E-state index contributed by atoms with van der Waals surface area (Å²) in [7, 11) is 0. The number of hydrogen-bond donors (Lipinski definition) is 2. The molecule has 0 saturated carbocycles. The molecule has 4 nitrogen and oxygen atoms in total. The summed E-state index contributed by atoms with van der Waals surface area (Å²) in [5.74, 6) is -0.0539. The molecule has 4 heteroatoms. The number of carbonyl (C=O) groups is 1. The Balaban J connectivity index is 2.17. The molecule has 1 aromatic carbocycles. The number of nitrogens with two attached hydrogens (primary N) is 1. The van der Waals surface area contributed by atoms with Crippen LogP contribution in [0.3, 0.4) is 0 Å². The fourth-order valence-electron chi connectivity index (χ4n) is 2.26. The lowest BCUT2D eigenvalue weighted by molar-refractivity contribution is -0.116. The van der Waals surface area contributed by atoms with Crippen molar-refractivity contribution >= 4 is 22.5 Å². The van der Waals surface area contributed by atoms with E-state index in [1.54, 1.807) is 0 Å². The van der Waals surface area contributed by atoms with E-state index < -0.39 is 0 Å². The fraction of sp³-hybridized carbons (Fsp3) is 0.375. The number of aryl methyl sites for hydroxylation is 1. The van der Waals surface area contributed by atoms with Crippen molar-refractivity contribution in [3.63, 3.8) is 0 Å². The van der Waals surface area contributed by atoms with E-state index in [2.05, 4.69) is 17.2 Å². The number of nitrogens with zero attached hydrogens (tertiary/aromatic N) is 1. The first kappa shape index (κ1) is 14.5. The van der Waals surface area contributed by atoms with Crippen LogP contribution in [0.4, 0.5) is 5.69 Å². The molecule has 1 aromatic heterocycles. The number of pyridine rings is 1. The molecule has 0 aliphatic heterocycles. The summed E-state index contributed by atoms with van der Waals surface area (Å²) in [6.45, 7) is 4.00. The maximum atomic E-state index is 12.0. The molecule has 106 valence electrons. The maximum Gasteiger partial charge on any atom is 0.225 e. The van der Waals surface area contributed by atoms with Gasteiger partial charge in [-0.25, -0.2) is 0 Å². The van der Waals surface area contributed by atoms with Gasteiger partial charge in [0.05, 0.1) is 11.2 Å². The smallest absolute Gasteiger partial charge is 0.225 e. The van der Waals surface area contributed by atoms with Crippen LogP contribution in [0.2, 0.25) is 0 Å². The standard InChI is InChI=1S/C16H21N3O/c1-3-5-13(17)10-15(20)19-14-7-4-6-12-9-8-11(2)18-16(12)14/h4,6-9,13H,3,5,10,17H2,1-2H3,(H,19,20). The molecule has 1 amide bonds. The quantitative estimate of drug-likeness (QED) is 0.878. The Bertz CT molecular complexity index is 610. The highest BCUT2D eigenvalue weighted by Gasteiger charge is 2.11. The average molecular weight is 271 g/mol. The van der Waals surface area contributed by atoms with Crippen molar-refractivity contribution in [1.29, 1.82) is 0 Å². The molecule has 1 unspecified atom stereocenters. The number of carbonyl (C=O) groups excluding carboxylic acids is 1. The highest BCUT2D eigenvalue weighted by atomic mass is 16.1. The molecular weight excluding hydrogens is 250 g/mol. The number of benzene rings is 1. The van der Waals surface area contributed by atoms with Gasteiger partial charge in [-0.3, -0.25) is 9.78 Å². The Labute approximate surface area is 119 Å². The topological polar surface area (TPSA) is 68.0 Å². The lowest BCUT2D eigenvalue weighted by Gasteiger charge is -2.12. The Kier molecular flexibility index (Phi) is 4.69. The third-order valence-corrected chi connectivity index (χ3v) is 3.24. The Hall–Kier alpha value is -1.94. The molecule has 3 N–H and O–H groups in total. The summed E-state index contributed by atoms with van der Waals surface area (Å²) in [4.78, 5) is 16.5. The van der Waals surface area contributed by atoms with Gasteiger partial charge < -0.3 is 11.1 Å². The number of aromatic nitrogens is 1. The molecule has 0 bridgehead atoms. The fourth-order valence-corrected chi connectivity index (χ4v) is 2.26. The van der Waals surface area contributed by atoms with Gasteiger partial charge in [-0.05, 0) is 25.5 Å². The van der Waals surface area contributed by atoms with Crippen molar-refractivity contribution in [3.8, 4) is 0 Å². The van der Waals surface area contributed by atoms with E-state index in [0.29, 0.717) is 6.42 Å². The van der Waals surface area contributed by atoms with Gasteiger partial charge in [0.2, 0.25) is 5.91 Å². The Morgan fingerprint density at radius 3 is 2.90 bits per heavy atom. The van der Waals surface area contributed by atoms with Gasteiger partial charge in [-0.15, -0.1) is 0 Å². The number of fused-ring (bicyclic) bond motifs is 1. The van der Waals surface area contributed by atoms with Gasteiger partial charge in [0.1, 0.15) is 0 Å². The van der Waals surface area contributed by atoms with E-state index >= 15 is 0 Å². The van der Waals surface area contributed by atoms with Gasteiger partial charge in [0.25, 0.3) is 0 Å². The number of hydrogen-bond acceptors (Lipinski definition) is 3. The van der Waals surface area contributed by atoms with Crippen LogP contribution in [0, 0.1) is 6.92 Å². The molecule has 2 aromatic rings. The largest absolute Gasteiger partial charge is 0.327 e. The first-order chi connectivity index (χ1) is 9.60. The van der Waals surface area contributed by atoms with Gasteiger partial charge in [-0.1, -0.05) is 31.5 Å². The minimum atomic E-state index is -0.0790. The van der Waals surface area contributed by atoms with E-state index in [1.807, 2.05) is 37.3 Å². The van der Waals surface area contributed by atoms with Crippen LogP contribution in [0.15, 0.2) is 30.3 Å². The predicted molar refractivity (Wildman–Crippen MR) is 82.6 cm³/mol. The van der Waals surface area contributed by atoms with Gasteiger partial charge in [0, 0.05) is 23.5 Å². The molecule has 2 rings (SSSR count). The predicted octanol–water partition coefficient (Wildman–Crippen LogP) is 3.00. The normalized spacial score (nSPS) is 12.3. The first-order valence-electron chi connectivity index (χ1n) is 7.02. The van der Waals surface area contributed by atoms with E-state index in [9.17, 15) is 4.79 Å². The summed E-state index contributed by atoms with van der Waals surface area (Å²) in [5, 5.41) is 3.94. The third-order valence-electron chi connectivity index (χ3n) is 3.24. The lowest BCUT2D eigenvalue weighted by Crippen LogP contribution is -2.26. The van der Waals surface area contributed by atoms with Crippen molar-refractivity contribution < 1.29 is 4.79 Å². The highest BCUT2D eigenvalue weighted by Crippen LogP contribution is 2.22. The minimum absolute atomic E-state index is 0.0539. The van der Waals surface area contributed by atoms with Gasteiger partial charge in [-0.2, -0.15) is 0 Å². The number of anilines is 1. The zero-order valence-electron chi connectivity index (χ0n) is 12.0. The zero-order chi connectivity index (χ0) is 14.5. The first-order valence-corrected chi connectivity index (χ1v) is 7.02. The molecule has 1 atom stereocenters. The van der Waals surface area contributed by atoms with E-state index in [0.717, 1.165) is 35.1 Å². The molecule has 20 heavy (non-hydrogen) atoms. The molecular formula is C16H21N3O. The lowest BCUT2D eigenvalue weighted by atomic mass is 10.1. The second-order valence-electron chi connectivity index (χ2n) is 5.13. The van der Waals surface area contributed by atoms with E-state index in [1.165, 1.54) is 0 Å². The van der Waals surface area contributed by atoms with Gasteiger partial charge in [0.15, 0.2) is 0 Å². The molecule has 0 fully saturated rings. The van der Waals surface area contributed by atoms with Crippen LogP contribution in [-0.2, 0) is 4.79 Å². The number of rotatable bonds is 5. The molecule has 0 radical (unpaired) electrons. The summed E-state index contributed by atoms with van der Waals surface area (Å²) in [6, 6.07) is 9.67. The summed E-state index contributed by atoms with van der Waals surface area (Å²) in [6.07, 6.45) is 2.19. The van der Waals surface area contributed by atoms with Crippen molar-refractivity contribution in [3.05, 3.63) is 36.0 Å². The van der Waals surface area contributed by atoms with E-state index in [-0.39, 0.29) is 11.9 Å². The number of para-hydroxylation sites is 1. The highest BCUT2D eigenvalue weighted by molar-refractivity contribution is 6.00. The number of nitrogens with one attached hydrogen (secondary N) is 1. The SMILES string of the molecule is CCCC(N)CC(=O)Nc1cccc2ccc(C)nc12. The van der Waals surface area contributed by atoms with Crippen LogP contribution >= 0.6 is 0 Å². The molecule has 0 saturated heterocycles. The second kappa shape index (κ2) is 6.48. The summed E-state index contributed by atoms with van der Waals surface area (Å²) < 4.78 is 0. The van der Waals surface area contributed by atoms with E-state index in [4.69, 9.17) is 5.73 Å². The van der Waals surface area contributed by atoms with Crippen molar-refractivity contribution in [2.75, 3.05) is 5.32 Å². The Morgan fingerprint density at radius 2 is 2.15 bits per heavy atom. The summed E-state index contributed by atoms with van der Waals surface area (Å²) >= 11 is 0. The molecule has 0 aliphatic carbocycles. The van der Waals surface area contributed by atoms with Gasteiger partial charge >= 0.3 is 0 Å². The average Bonchev–Trinajstić information content (AvgIpc) is 2.39. The second-order valence-corrected chi connectivity index (χ2v) is 5.13. The van der Waals surface area contributed by atoms with Crippen molar-refractivity contribution in [2.24, 2.45) is 5.73 Å². The maximum absolute atomic E-state index is 12.0. The molecule has 0 aliphatic rings. The monoisotopic (exact) mass is 271 g/mol. The van der Waals surface area contributed by atoms with Crippen LogP contribution in [0.25, 0.3) is 10.9 Å². The summed E-state index contributed by atoms with van der Waals surface area (Å²) in [5.41, 5.74) is 8.41. The van der Waals surface area contributed by atoms with Crippen LogP contribution < -0.4 is 11.1 Å². The third kappa shape index (κ3) is 3.54. The van der Waals surface area contributed by atoms with Crippen LogP contribution in [-0.4, -0.2) is 16.9 Å². The van der Waals surface area contributed by atoms with Crippen LogP contribution in [0.1, 0.15) is 31.9 Å². The Morgan fingerprint density at radius 1 is 1.35 bits per heavy atom. The number of amides is 1.